The highest BCUT2D eigenvalue weighted by Gasteiger charge is 2.26. The Labute approximate surface area is 202 Å². The lowest BCUT2D eigenvalue weighted by molar-refractivity contribution is -0.113. The van der Waals surface area contributed by atoms with Crippen LogP contribution in [0, 0.1) is 11.7 Å². The fourth-order valence-corrected chi connectivity index (χ4v) is 4.10. The Morgan fingerprint density at radius 1 is 1.09 bits per heavy atom. The molecule has 34 heavy (non-hydrogen) atoms. The predicted octanol–water partition coefficient (Wildman–Crippen LogP) is 4.30. The maximum atomic E-state index is 13.0. The summed E-state index contributed by atoms with van der Waals surface area (Å²) < 4.78 is 20.1. The van der Waals surface area contributed by atoms with Crippen LogP contribution in [0.3, 0.4) is 0 Å². The Morgan fingerprint density at radius 2 is 1.76 bits per heavy atom. The van der Waals surface area contributed by atoms with E-state index < -0.39 is 0 Å². The van der Waals surface area contributed by atoms with Crippen LogP contribution in [0.5, 0.6) is 5.75 Å². The quantitative estimate of drug-likeness (QED) is 0.416. The second-order valence-electron chi connectivity index (χ2n) is 7.85. The van der Waals surface area contributed by atoms with E-state index in [0.29, 0.717) is 34.5 Å². The Morgan fingerprint density at radius 3 is 2.35 bits per heavy atom. The number of amides is 2. The number of halogens is 1. The van der Waals surface area contributed by atoms with Crippen molar-refractivity contribution < 1.29 is 18.7 Å². The largest absolute Gasteiger partial charge is 0.497 e. The summed E-state index contributed by atoms with van der Waals surface area (Å²) in [7, 11) is 1.57. The number of anilines is 1. The van der Waals surface area contributed by atoms with Crippen molar-refractivity contribution in [1.29, 1.82) is 0 Å². The highest BCUT2D eigenvalue weighted by molar-refractivity contribution is 7.99. The molecule has 0 bridgehead atoms. The first-order chi connectivity index (χ1) is 16.3. The van der Waals surface area contributed by atoms with Crippen LogP contribution in [0.4, 0.5) is 10.1 Å². The van der Waals surface area contributed by atoms with Crippen LogP contribution >= 0.6 is 11.8 Å². The molecule has 10 heteroatoms. The maximum absolute atomic E-state index is 13.0. The molecule has 2 aromatic carbocycles. The molecule has 0 aliphatic heterocycles. The molecule has 0 aliphatic rings. The smallest absolute Gasteiger partial charge is 0.251 e. The summed E-state index contributed by atoms with van der Waals surface area (Å²) in [6.45, 7) is 6.53. The Bertz CT molecular complexity index is 1120. The zero-order chi connectivity index (χ0) is 24.7. The fourth-order valence-electron chi connectivity index (χ4n) is 3.29. The zero-order valence-corrected chi connectivity index (χ0v) is 20.4. The molecule has 0 spiro atoms. The number of thioether (sulfide) groups is 1. The highest BCUT2D eigenvalue weighted by Crippen LogP contribution is 2.26. The van der Waals surface area contributed by atoms with Crippen molar-refractivity contribution in [3.8, 4) is 5.75 Å². The summed E-state index contributed by atoms with van der Waals surface area (Å²) >= 11 is 1.25. The maximum Gasteiger partial charge on any atom is 0.251 e. The van der Waals surface area contributed by atoms with Crippen LogP contribution in [-0.4, -0.2) is 39.4 Å². The summed E-state index contributed by atoms with van der Waals surface area (Å²) in [6, 6.07) is 12.1. The van der Waals surface area contributed by atoms with Gasteiger partial charge in [0.2, 0.25) is 5.91 Å². The van der Waals surface area contributed by atoms with E-state index in [4.69, 9.17) is 4.74 Å². The van der Waals surface area contributed by atoms with Crippen LogP contribution in [0.1, 0.15) is 43.0 Å². The molecule has 3 aromatic rings. The van der Waals surface area contributed by atoms with E-state index in [1.807, 2.05) is 25.3 Å². The van der Waals surface area contributed by atoms with Gasteiger partial charge in [-0.1, -0.05) is 25.6 Å². The number of methoxy groups -OCH3 is 1. The monoisotopic (exact) mass is 485 g/mol. The first-order valence-electron chi connectivity index (χ1n) is 10.9. The number of ether oxygens (including phenoxy) is 1. The number of benzene rings is 2. The molecule has 1 heterocycles. The van der Waals surface area contributed by atoms with Crippen LogP contribution in [0.25, 0.3) is 0 Å². The van der Waals surface area contributed by atoms with Gasteiger partial charge in [-0.15, -0.1) is 10.2 Å². The van der Waals surface area contributed by atoms with E-state index in [9.17, 15) is 14.0 Å². The van der Waals surface area contributed by atoms with Crippen LogP contribution < -0.4 is 15.4 Å². The molecule has 8 nitrogen and oxygen atoms in total. The van der Waals surface area contributed by atoms with Crippen LogP contribution in [0.15, 0.2) is 53.7 Å². The number of hydrogen-bond donors (Lipinski definition) is 2. The molecule has 0 saturated carbocycles. The van der Waals surface area contributed by atoms with E-state index in [0.717, 1.165) is 0 Å². The van der Waals surface area contributed by atoms with Gasteiger partial charge in [-0.2, -0.15) is 0 Å². The molecule has 0 radical (unpaired) electrons. The van der Waals surface area contributed by atoms with Crippen LogP contribution in [0.2, 0.25) is 0 Å². The number of carbonyl (C=O) groups is 2. The molecule has 3 rings (SSSR count). The number of rotatable bonds is 10. The van der Waals surface area contributed by atoms with Gasteiger partial charge < -0.3 is 19.9 Å². The second kappa shape index (κ2) is 11.6. The van der Waals surface area contributed by atoms with Gasteiger partial charge in [0.1, 0.15) is 11.6 Å². The van der Waals surface area contributed by atoms with Gasteiger partial charge >= 0.3 is 0 Å². The standard InChI is InChI=1S/C24H28FN5O3S/c1-5-30-22(21(15(2)3)27-23(32)16-6-12-19(33-4)13-7-16)28-29-24(30)34-14-20(31)26-18-10-8-17(25)9-11-18/h6-13,15,21H,5,14H2,1-4H3,(H,26,31)(H,27,32)/t21-/m1/s1. The summed E-state index contributed by atoms with van der Waals surface area (Å²) in [4.78, 5) is 25.2. The van der Waals surface area contributed by atoms with E-state index >= 15 is 0 Å². The lowest BCUT2D eigenvalue weighted by Gasteiger charge is -2.22. The number of carbonyl (C=O) groups excluding carboxylic acids is 2. The van der Waals surface area contributed by atoms with Gasteiger partial charge in [-0.25, -0.2) is 4.39 Å². The molecule has 1 aromatic heterocycles. The van der Waals surface area contributed by atoms with Crippen molar-refractivity contribution in [3.05, 3.63) is 65.7 Å². The minimum Gasteiger partial charge on any atom is -0.497 e. The van der Waals surface area contributed by atoms with Crippen molar-refractivity contribution in [2.75, 3.05) is 18.2 Å². The molecule has 0 aliphatic carbocycles. The lowest BCUT2D eigenvalue weighted by atomic mass is 10.0. The van der Waals surface area contributed by atoms with E-state index in [2.05, 4.69) is 20.8 Å². The zero-order valence-electron chi connectivity index (χ0n) is 19.5. The van der Waals surface area contributed by atoms with Gasteiger partial charge in [0.05, 0.1) is 18.9 Å². The van der Waals surface area contributed by atoms with Crippen molar-refractivity contribution >= 4 is 29.3 Å². The molecule has 1 atom stereocenters. The third-order valence-corrected chi connectivity index (χ3v) is 6.07. The number of nitrogens with zero attached hydrogens (tertiary/aromatic N) is 3. The molecule has 0 fully saturated rings. The molecule has 2 N–H and O–H groups in total. The third kappa shape index (κ3) is 6.34. The summed E-state index contributed by atoms with van der Waals surface area (Å²) in [5, 5.41) is 15.0. The minimum absolute atomic E-state index is 0.0522. The first kappa shape index (κ1) is 25.2. The minimum atomic E-state index is -0.371. The SMILES string of the molecule is CCn1c(SCC(=O)Nc2ccc(F)cc2)nnc1[C@H](NC(=O)c1ccc(OC)cc1)C(C)C. The van der Waals surface area contributed by atoms with Crippen LogP contribution in [-0.2, 0) is 11.3 Å². The van der Waals surface area contributed by atoms with E-state index in [1.54, 1.807) is 31.4 Å². The molecule has 0 unspecified atom stereocenters. The second-order valence-corrected chi connectivity index (χ2v) is 8.79. The number of nitrogens with one attached hydrogen (secondary N) is 2. The highest BCUT2D eigenvalue weighted by atomic mass is 32.2. The van der Waals surface area contributed by atoms with Gasteiger partial charge in [0.25, 0.3) is 5.91 Å². The van der Waals surface area contributed by atoms with Gasteiger partial charge in [0, 0.05) is 17.8 Å². The molecule has 0 saturated heterocycles. The van der Waals surface area contributed by atoms with Gasteiger partial charge in [-0.3, -0.25) is 9.59 Å². The van der Waals surface area contributed by atoms with Crippen molar-refractivity contribution in [1.82, 2.24) is 20.1 Å². The molecule has 180 valence electrons. The van der Waals surface area contributed by atoms with E-state index in [-0.39, 0.29) is 35.3 Å². The lowest BCUT2D eigenvalue weighted by Crippen LogP contribution is -2.33. The van der Waals surface area contributed by atoms with Crippen molar-refractivity contribution in [3.63, 3.8) is 0 Å². The van der Waals surface area contributed by atoms with Gasteiger partial charge in [0.15, 0.2) is 11.0 Å². The molecule has 2 amide bonds. The van der Waals surface area contributed by atoms with Crippen molar-refractivity contribution in [2.45, 2.75) is 38.5 Å². The fraction of sp³-hybridized carbons (Fsp3) is 0.333. The topological polar surface area (TPSA) is 98.1 Å². The first-order valence-corrected chi connectivity index (χ1v) is 11.9. The number of hydrogen-bond acceptors (Lipinski definition) is 6. The summed E-state index contributed by atoms with van der Waals surface area (Å²) in [5.74, 6) is 0.636. The van der Waals surface area contributed by atoms with Gasteiger partial charge in [-0.05, 0) is 61.4 Å². The molecular weight excluding hydrogens is 457 g/mol. The molecular formula is C24H28FN5O3S. The summed E-state index contributed by atoms with van der Waals surface area (Å²) in [6.07, 6.45) is 0. The Kier molecular flexibility index (Phi) is 8.64. The Hall–Kier alpha value is -3.40. The Balaban J connectivity index is 1.69. The average Bonchev–Trinajstić information content (AvgIpc) is 3.24. The van der Waals surface area contributed by atoms with E-state index in [1.165, 1.54) is 36.0 Å². The average molecular weight is 486 g/mol. The summed E-state index contributed by atoms with van der Waals surface area (Å²) in [5.41, 5.74) is 1.03. The normalized spacial score (nSPS) is 11.8. The number of aromatic nitrogens is 3. The predicted molar refractivity (Wildman–Crippen MR) is 129 cm³/mol. The van der Waals surface area contributed by atoms with Crippen molar-refractivity contribution in [2.24, 2.45) is 5.92 Å². The third-order valence-electron chi connectivity index (χ3n) is 5.11.